The molecule has 140 valence electrons. The first-order valence-corrected chi connectivity index (χ1v) is 8.92. The molecule has 3 aromatic rings. The molecule has 0 aliphatic carbocycles. The highest BCUT2D eigenvalue weighted by molar-refractivity contribution is 6.35. The molecule has 3 rings (SSSR count). The molecule has 0 unspecified atom stereocenters. The Hall–Kier alpha value is -2.64. The molecule has 1 amide bonds. The van der Waals surface area contributed by atoms with Crippen LogP contribution < -0.4 is 10.2 Å². The van der Waals surface area contributed by atoms with Crippen molar-refractivity contribution >= 4 is 45.9 Å². The summed E-state index contributed by atoms with van der Waals surface area (Å²) >= 11 is 11.9. The Morgan fingerprint density at radius 3 is 2.85 bits per heavy atom. The Balaban J connectivity index is 1.59. The Morgan fingerprint density at radius 1 is 1.30 bits per heavy atom. The van der Waals surface area contributed by atoms with Crippen LogP contribution in [0.3, 0.4) is 0 Å². The van der Waals surface area contributed by atoms with Gasteiger partial charge in [-0.05, 0) is 44.2 Å². The second-order valence-electron chi connectivity index (χ2n) is 5.89. The number of aromatic nitrogens is 3. The molecule has 0 aliphatic heterocycles. The number of nitrogens with zero attached hydrogens (tertiary/aromatic N) is 4. The van der Waals surface area contributed by atoms with E-state index in [1.165, 1.54) is 0 Å². The van der Waals surface area contributed by atoms with E-state index < -0.39 is 12.0 Å². The number of rotatable bonds is 6. The van der Waals surface area contributed by atoms with Gasteiger partial charge in [0, 0.05) is 5.02 Å². The lowest BCUT2D eigenvalue weighted by atomic mass is 10.3. The zero-order valence-electron chi connectivity index (χ0n) is 14.7. The molecule has 1 aromatic heterocycles. The van der Waals surface area contributed by atoms with E-state index in [1.54, 1.807) is 36.7 Å². The van der Waals surface area contributed by atoms with Crippen molar-refractivity contribution < 1.29 is 9.53 Å². The summed E-state index contributed by atoms with van der Waals surface area (Å²) in [4.78, 5) is 12.2. The number of fused-ring (bicyclic) bond motifs is 1. The Bertz CT molecular complexity index is 1000. The number of amides is 1. The van der Waals surface area contributed by atoms with E-state index in [-0.39, 0.29) is 0 Å². The van der Waals surface area contributed by atoms with Crippen LogP contribution >= 0.6 is 23.2 Å². The van der Waals surface area contributed by atoms with Crippen molar-refractivity contribution in [2.24, 2.45) is 5.10 Å². The minimum Gasteiger partial charge on any atom is -0.479 e. The van der Waals surface area contributed by atoms with Crippen LogP contribution in [-0.4, -0.2) is 32.7 Å². The lowest BCUT2D eigenvalue weighted by Crippen LogP contribution is -2.34. The lowest BCUT2D eigenvalue weighted by molar-refractivity contribution is -0.127. The third kappa shape index (κ3) is 4.75. The number of hydrazone groups is 1. The molecule has 0 radical (unpaired) electrons. The van der Waals surface area contributed by atoms with Gasteiger partial charge in [-0.25, -0.2) is 10.1 Å². The fraction of sp³-hybridized carbons (Fsp3) is 0.222. The number of para-hydroxylation sites is 1. The van der Waals surface area contributed by atoms with Gasteiger partial charge in [-0.1, -0.05) is 40.5 Å². The minimum absolute atomic E-state index is 0.333. The van der Waals surface area contributed by atoms with E-state index in [4.69, 9.17) is 27.9 Å². The smallest absolute Gasteiger partial charge is 0.280 e. The highest BCUT2D eigenvalue weighted by Gasteiger charge is 2.16. The van der Waals surface area contributed by atoms with Crippen molar-refractivity contribution in [3.63, 3.8) is 0 Å². The maximum Gasteiger partial charge on any atom is 0.280 e. The number of nitrogens with one attached hydrogen (secondary N) is 1. The van der Waals surface area contributed by atoms with Crippen LogP contribution in [0.2, 0.25) is 10.0 Å². The molecular formula is C18H17Cl2N5O2. The summed E-state index contributed by atoms with van der Waals surface area (Å²) in [6.45, 7) is 3.80. The normalized spacial score (nSPS) is 12.8. The van der Waals surface area contributed by atoms with E-state index in [2.05, 4.69) is 20.8 Å². The molecule has 0 bridgehead atoms. The molecule has 1 N–H and O–H groups in total. The van der Waals surface area contributed by atoms with Gasteiger partial charge in [0.2, 0.25) is 0 Å². The molecule has 9 heteroatoms. The van der Waals surface area contributed by atoms with Crippen molar-refractivity contribution in [3.05, 3.63) is 52.5 Å². The summed E-state index contributed by atoms with van der Waals surface area (Å²) in [6, 6.07) is 12.4. The van der Waals surface area contributed by atoms with Gasteiger partial charge in [-0.3, -0.25) is 4.79 Å². The van der Waals surface area contributed by atoms with Crippen LogP contribution in [0.1, 0.15) is 13.8 Å². The van der Waals surface area contributed by atoms with Gasteiger partial charge >= 0.3 is 0 Å². The maximum atomic E-state index is 12.2. The van der Waals surface area contributed by atoms with E-state index in [0.717, 1.165) is 11.0 Å². The highest BCUT2D eigenvalue weighted by Crippen LogP contribution is 2.28. The average Bonchev–Trinajstić information content (AvgIpc) is 3.05. The molecule has 1 atom stereocenters. The number of benzene rings is 2. The van der Waals surface area contributed by atoms with Gasteiger partial charge in [0.15, 0.2) is 6.10 Å². The van der Waals surface area contributed by atoms with E-state index >= 15 is 0 Å². The molecule has 0 saturated heterocycles. The maximum absolute atomic E-state index is 12.2. The second kappa shape index (κ2) is 8.37. The third-order valence-corrected chi connectivity index (χ3v) is 4.25. The molecule has 0 saturated carbocycles. The minimum atomic E-state index is -0.785. The zero-order chi connectivity index (χ0) is 19.4. The summed E-state index contributed by atoms with van der Waals surface area (Å²) in [5.41, 5.74) is 4.85. The first kappa shape index (κ1) is 19.1. The summed E-state index contributed by atoms with van der Waals surface area (Å²) < 4.78 is 7.27. The summed E-state index contributed by atoms with van der Waals surface area (Å²) in [5, 5.41) is 13.1. The van der Waals surface area contributed by atoms with E-state index in [9.17, 15) is 4.79 Å². The Labute approximate surface area is 165 Å². The average molecular weight is 406 g/mol. The van der Waals surface area contributed by atoms with E-state index in [0.29, 0.717) is 28.1 Å². The number of halogens is 2. The molecule has 0 spiro atoms. The van der Waals surface area contributed by atoms with Crippen molar-refractivity contribution in [2.75, 3.05) is 0 Å². The summed E-state index contributed by atoms with van der Waals surface area (Å²) in [6.07, 6.45) is -0.785. The summed E-state index contributed by atoms with van der Waals surface area (Å²) in [5.74, 6) is -0.0256. The van der Waals surface area contributed by atoms with Crippen LogP contribution in [0.4, 0.5) is 0 Å². The Kier molecular flexibility index (Phi) is 5.93. The monoisotopic (exact) mass is 405 g/mol. The van der Waals surface area contributed by atoms with Crippen molar-refractivity contribution in [1.82, 2.24) is 20.4 Å². The summed E-state index contributed by atoms with van der Waals surface area (Å²) in [7, 11) is 0. The lowest BCUT2D eigenvalue weighted by Gasteiger charge is -2.14. The predicted molar refractivity (Wildman–Crippen MR) is 105 cm³/mol. The molecule has 0 fully saturated rings. The fourth-order valence-corrected chi connectivity index (χ4v) is 2.80. The van der Waals surface area contributed by atoms with Crippen LogP contribution in [0.5, 0.6) is 5.75 Å². The van der Waals surface area contributed by atoms with Crippen molar-refractivity contribution in [1.29, 1.82) is 0 Å². The van der Waals surface area contributed by atoms with E-state index in [1.807, 2.05) is 24.3 Å². The first-order valence-electron chi connectivity index (χ1n) is 8.17. The predicted octanol–water partition coefficient (Wildman–Crippen LogP) is 3.70. The van der Waals surface area contributed by atoms with Crippen LogP contribution in [0.15, 0.2) is 47.6 Å². The molecule has 0 aliphatic rings. The number of hydrogen-bond acceptors (Lipinski definition) is 5. The fourth-order valence-electron chi connectivity index (χ4n) is 2.34. The van der Waals surface area contributed by atoms with Gasteiger partial charge in [-0.15, -0.1) is 5.10 Å². The van der Waals surface area contributed by atoms with Gasteiger partial charge < -0.3 is 4.74 Å². The Morgan fingerprint density at radius 2 is 2.07 bits per heavy atom. The number of carbonyl (C=O) groups excluding carboxylic acids is 1. The molecule has 2 aromatic carbocycles. The second-order valence-corrected chi connectivity index (χ2v) is 6.74. The number of hydrogen-bond donors (Lipinski definition) is 1. The quantitative estimate of drug-likeness (QED) is 0.500. The van der Waals surface area contributed by atoms with Gasteiger partial charge in [0.25, 0.3) is 5.91 Å². The first-order chi connectivity index (χ1) is 12.9. The molecular weight excluding hydrogens is 389 g/mol. The van der Waals surface area contributed by atoms with Gasteiger partial charge in [0.05, 0.1) is 22.8 Å². The van der Waals surface area contributed by atoms with Crippen molar-refractivity contribution in [2.45, 2.75) is 26.5 Å². The number of ether oxygens (including phenoxy) is 1. The van der Waals surface area contributed by atoms with Crippen LogP contribution in [-0.2, 0) is 11.3 Å². The highest BCUT2D eigenvalue weighted by atomic mass is 35.5. The SMILES string of the molecule is C/C(Cn1nnc2ccccc21)=N/NC(=O)[C@H](C)Oc1ccc(Cl)cc1Cl. The third-order valence-electron chi connectivity index (χ3n) is 3.72. The van der Waals surface area contributed by atoms with Crippen molar-refractivity contribution in [3.8, 4) is 5.75 Å². The van der Waals surface area contributed by atoms with Crippen LogP contribution in [0.25, 0.3) is 11.0 Å². The molecule has 7 nitrogen and oxygen atoms in total. The standard InChI is InChI=1S/C18H17Cl2N5O2/c1-11(10-25-16-6-4-3-5-15(16)22-24-25)21-23-18(26)12(2)27-17-8-7-13(19)9-14(17)20/h3-9,12H,10H2,1-2H3,(H,23,26)/b21-11-/t12-/m0/s1. The topological polar surface area (TPSA) is 81.4 Å². The molecule has 1 heterocycles. The zero-order valence-corrected chi connectivity index (χ0v) is 16.2. The van der Waals surface area contributed by atoms with Gasteiger partial charge in [-0.2, -0.15) is 5.10 Å². The largest absolute Gasteiger partial charge is 0.479 e. The molecule has 27 heavy (non-hydrogen) atoms. The number of carbonyl (C=O) groups is 1. The van der Waals surface area contributed by atoms with Gasteiger partial charge in [0.1, 0.15) is 11.3 Å². The van der Waals surface area contributed by atoms with Crippen LogP contribution in [0, 0.1) is 0 Å².